The van der Waals surface area contributed by atoms with Crippen LogP contribution in [0.4, 0.5) is 17.1 Å². The van der Waals surface area contributed by atoms with Crippen molar-refractivity contribution >= 4 is 59.5 Å². The minimum Gasteiger partial charge on any atom is -0.311 e. The van der Waals surface area contributed by atoms with Crippen molar-refractivity contribution in [1.29, 1.82) is 0 Å². The summed E-state index contributed by atoms with van der Waals surface area (Å²) in [5.41, 5.74) is 11.5. The fourth-order valence-electron chi connectivity index (χ4n) is 6.61. The van der Waals surface area contributed by atoms with Crippen LogP contribution in [0.5, 0.6) is 0 Å². The lowest BCUT2D eigenvalue weighted by Crippen LogP contribution is -2.09. The summed E-state index contributed by atoms with van der Waals surface area (Å²) in [4.78, 5) is 7.21. The van der Waals surface area contributed by atoms with E-state index in [2.05, 4.69) is 181 Å². The Morgan fingerprint density at radius 1 is 0.375 bits per heavy atom. The lowest BCUT2D eigenvalue weighted by atomic mass is 10.0. The lowest BCUT2D eigenvalue weighted by molar-refractivity contribution is 1.28. The van der Waals surface area contributed by atoms with Crippen molar-refractivity contribution in [2.24, 2.45) is 0 Å². The number of rotatable bonds is 6. The lowest BCUT2D eigenvalue weighted by Gasteiger charge is -2.26. The quantitative estimate of drug-likeness (QED) is 0.182. The molecule has 2 aromatic heterocycles. The maximum absolute atomic E-state index is 4.88. The third kappa shape index (κ3) is 5.21. The summed E-state index contributed by atoms with van der Waals surface area (Å²) in [5, 5.41) is 3.73. The zero-order valence-electron chi connectivity index (χ0n) is 26.1. The second kappa shape index (κ2) is 12.0. The summed E-state index contributed by atoms with van der Waals surface area (Å²) < 4.78 is 2.48. The number of thiophene rings is 1. The van der Waals surface area contributed by atoms with Gasteiger partial charge in [0.25, 0.3) is 0 Å². The first-order valence-corrected chi connectivity index (χ1v) is 17.0. The average Bonchev–Trinajstić information content (AvgIpc) is 3.54. The second-order valence-corrected chi connectivity index (χ2v) is 13.2. The van der Waals surface area contributed by atoms with E-state index in [0.717, 1.165) is 33.7 Å². The minimum atomic E-state index is 1.08. The van der Waals surface area contributed by atoms with Gasteiger partial charge in [-0.2, -0.15) is 0 Å². The van der Waals surface area contributed by atoms with Gasteiger partial charge >= 0.3 is 0 Å². The van der Waals surface area contributed by atoms with Gasteiger partial charge in [-0.3, -0.25) is 4.98 Å². The Kier molecular flexibility index (Phi) is 7.03. The molecule has 7 aromatic carbocycles. The molecule has 9 rings (SSSR count). The van der Waals surface area contributed by atoms with Crippen LogP contribution in [0.15, 0.2) is 182 Å². The van der Waals surface area contributed by atoms with Crippen molar-refractivity contribution in [3.8, 4) is 33.4 Å². The summed E-state index contributed by atoms with van der Waals surface area (Å²) >= 11 is 1.80. The zero-order valence-corrected chi connectivity index (χ0v) is 26.9. The van der Waals surface area contributed by atoms with Crippen molar-refractivity contribution in [2.75, 3.05) is 4.90 Å². The molecule has 0 amide bonds. The molecule has 0 saturated heterocycles. The molecule has 226 valence electrons. The number of fused-ring (bicyclic) bond motifs is 4. The van der Waals surface area contributed by atoms with Gasteiger partial charge in [0.2, 0.25) is 0 Å². The largest absolute Gasteiger partial charge is 0.311 e. The number of nitrogens with zero attached hydrogens (tertiary/aromatic N) is 2. The van der Waals surface area contributed by atoms with E-state index in [1.54, 1.807) is 11.3 Å². The molecular formula is C45H30N2S. The first-order valence-electron chi connectivity index (χ1n) is 16.2. The Hall–Kier alpha value is -6.03. The molecule has 0 aliphatic rings. The topological polar surface area (TPSA) is 16.1 Å². The van der Waals surface area contributed by atoms with E-state index in [1.807, 2.05) is 6.20 Å². The summed E-state index contributed by atoms with van der Waals surface area (Å²) in [6, 6.07) is 63.1. The molecule has 0 unspecified atom stereocenters. The highest BCUT2D eigenvalue weighted by Gasteiger charge is 2.15. The highest BCUT2D eigenvalue weighted by molar-refractivity contribution is 7.25. The van der Waals surface area contributed by atoms with E-state index >= 15 is 0 Å². The molecule has 2 heterocycles. The first kappa shape index (κ1) is 28.2. The van der Waals surface area contributed by atoms with Gasteiger partial charge < -0.3 is 4.90 Å². The van der Waals surface area contributed by atoms with Gasteiger partial charge in [-0.15, -0.1) is 11.3 Å². The second-order valence-electron chi connectivity index (χ2n) is 12.1. The van der Waals surface area contributed by atoms with Gasteiger partial charge in [0.1, 0.15) is 0 Å². The molecular weight excluding hydrogens is 601 g/mol. The minimum absolute atomic E-state index is 1.08. The highest BCUT2D eigenvalue weighted by atomic mass is 32.1. The SMILES string of the molecule is c1ccc(-c2ccc(N(c3ccc(-c4ccc5ccccc5c4)cc3)c3ccc(-c4cnc5c(c4)sc4ccccc45)cc3)cc2)cc1. The number of hydrogen-bond acceptors (Lipinski definition) is 3. The molecule has 0 aliphatic heterocycles. The average molecular weight is 631 g/mol. The molecule has 0 bridgehead atoms. The predicted octanol–water partition coefficient (Wildman–Crippen LogP) is 13.1. The summed E-state index contributed by atoms with van der Waals surface area (Å²) in [7, 11) is 0. The maximum atomic E-state index is 4.88. The molecule has 0 spiro atoms. The number of benzene rings is 7. The van der Waals surface area contributed by atoms with Crippen LogP contribution in [-0.4, -0.2) is 4.98 Å². The molecule has 3 heteroatoms. The van der Waals surface area contributed by atoms with E-state index in [1.165, 1.54) is 47.8 Å². The molecule has 9 aromatic rings. The maximum Gasteiger partial charge on any atom is 0.0888 e. The van der Waals surface area contributed by atoms with Crippen molar-refractivity contribution in [3.05, 3.63) is 182 Å². The van der Waals surface area contributed by atoms with Crippen molar-refractivity contribution in [3.63, 3.8) is 0 Å². The molecule has 2 nitrogen and oxygen atoms in total. The summed E-state index contributed by atoms with van der Waals surface area (Å²) in [6.45, 7) is 0. The number of hydrogen-bond donors (Lipinski definition) is 0. The summed E-state index contributed by atoms with van der Waals surface area (Å²) in [6.07, 6.45) is 2.00. The molecule has 0 saturated carbocycles. The third-order valence-electron chi connectivity index (χ3n) is 9.11. The highest BCUT2D eigenvalue weighted by Crippen LogP contribution is 2.39. The van der Waals surface area contributed by atoms with Crippen LogP contribution in [-0.2, 0) is 0 Å². The van der Waals surface area contributed by atoms with Gasteiger partial charge in [0.15, 0.2) is 0 Å². The van der Waals surface area contributed by atoms with E-state index < -0.39 is 0 Å². The van der Waals surface area contributed by atoms with Gasteiger partial charge in [0, 0.05) is 38.9 Å². The molecule has 0 N–H and O–H groups in total. The monoisotopic (exact) mass is 630 g/mol. The van der Waals surface area contributed by atoms with E-state index in [-0.39, 0.29) is 0 Å². The van der Waals surface area contributed by atoms with Crippen LogP contribution in [0.3, 0.4) is 0 Å². The van der Waals surface area contributed by atoms with Gasteiger partial charge in [0.05, 0.1) is 10.2 Å². The molecule has 0 radical (unpaired) electrons. The Morgan fingerprint density at radius 2 is 0.896 bits per heavy atom. The fraction of sp³-hybridized carbons (Fsp3) is 0. The smallest absolute Gasteiger partial charge is 0.0888 e. The van der Waals surface area contributed by atoms with E-state index in [4.69, 9.17) is 4.98 Å². The normalized spacial score (nSPS) is 11.3. The Bertz CT molecular complexity index is 2530. The number of anilines is 3. The van der Waals surface area contributed by atoms with E-state index in [9.17, 15) is 0 Å². The van der Waals surface area contributed by atoms with E-state index in [0.29, 0.717) is 0 Å². The molecule has 0 fully saturated rings. The van der Waals surface area contributed by atoms with Crippen molar-refractivity contribution < 1.29 is 0 Å². The van der Waals surface area contributed by atoms with Crippen LogP contribution in [0.1, 0.15) is 0 Å². The third-order valence-corrected chi connectivity index (χ3v) is 10.2. The van der Waals surface area contributed by atoms with Crippen molar-refractivity contribution in [1.82, 2.24) is 4.98 Å². The Labute approximate surface area is 283 Å². The van der Waals surface area contributed by atoms with Gasteiger partial charge in [-0.05, 0) is 93.2 Å². The van der Waals surface area contributed by atoms with Crippen molar-refractivity contribution in [2.45, 2.75) is 0 Å². The van der Waals surface area contributed by atoms with Crippen LogP contribution in [0.2, 0.25) is 0 Å². The number of aromatic nitrogens is 1. The van der Waals surface area contributed by atoms with Gasteiger partial charge in [-0.25, -0.2) is 0 Å². The standard InChI is InChI=1S/C45H30N2S/c1-2-8-31(9-3-1)33-16-22-39(23-17-33)47(40-24-18-34(19-25-40)37-15-14-32-10-4-5-11-36(32)28-37)41-26-20-35(21-27-41)38-29-44-45(46-30-38)42-12-6-7-13-43(42)48-44/h1-30H. The van der Waals surface area contributed by atoms with Crippen LogP contribution in [0, 0.1) is 0 Å². The molecule has 0 aliphatic carbocycles. The van der Waals surface area contributed by atoms with Gasteiger partial charge in [-0.1, -0.05) is 121 Å². The Morgan fingerprint density at radius 3 is 1.58 bits per heavy atom. The predicted molar refractivity (Wildman–Crippen MR) is 206 cm³/mol. The fourth-order valence-corrected chi connectivity index (χ4v) is 7.71. The first-order chi connectivity index (χ1) is 23.8. The van der Waals surface area contributed by atoms with Crippen LogP contribution >= 0.6 is 11.3 Å². The zero-order chi connectivity index (χ0) is 31.9. The summed E-state index contributed by atoms with van der Waals surface area (Å²) in [5.74, 6) is 0. The van der Waals surface area contributed by atoms with Crippen LogP contribution in [0.25, 0.3) is 64.5 Å². The molecule has 48 heavy (non-hydrogen) atoms. The molecule has 0 atom stereocenters. The Balaban J connectivity index is 1.08. The van der Waals surface area contributed by atoms with Crippen LogP contribution < -0.4 is 4.90 Å². The number of pyridine rings is 1.